The number of rotatable bonds is 4. The maximum Gasteiger partial charge on any atom is 0.287 e. The molecule has 0 aliphatic rings. The summed E-state index contributed by atoms with van der Waals surface area (Å²) in [5.74, 6) is -0.658. The molecule has 2 rings (SSSR count). The van der Waals surface area contributed by atoms with E-state index in [1.807, 2.05) is 0 Å². The first kappa shape index (κ1) is 15.1. The minimum Gasteiger partial charge on any atom is -0.508 e. The van der Waals surface area contributed by atoms with Crippen LogP contribution >= 0.6 is 0 Å². The minimum absolute atomic E-state index is 0.0862. The number of sulfonamides is 1. The summed E-state index contributed by atoms with van der Waals surface area (Å²) < 4.78 is 27.0. The van der Waals surface area contributed by atoms with Gasteiger partial charge in [-0.15, -0.1) is 0 Å². The highest BCUT2D eigenvalue weighted by molar-refractivity contribution is 7.89. The van der Waals surface area contributed by atoms with Crippen LogP contribution in [0.25, 0.3) is 0 Å². The van der Waals surface area contributed by atoms with Crippen molar-refractivity contribution in [3.05, 3.63) is 47.7 Å². The molecule has 0 fully saturated rings. The maximum atomic E-state index is 12.0. The van der Waals surface area contributed by atoms with Gasteiger partial charge in [0.15, 0.2) is 5.76 Å². The Morgan fingerprint density at radius 2 is 2.05 bits per heavy atom. The molecule has 8 heteroatoms. The Kier molecular flexibility index (Phi) is 4.01. The lowest BCUT2D eigenvalue weighted by atomic mass is 10.1. The van der Waals surface area contributed by atoms with Crippen molar-refractivity contribution >= 4 is 15.9 Å². The zero-order valence-corrected chi connectivity index (χ0v) is 11.9. The molecular formula is C13H14N2O5S. The van der Waals surface area contributed by atoms with Crippen molar-refractivity contribution in [1.29, 1.82) is 0 Å². The van der Waals surface area contributed by atoms with E-state index in [0.29, 0.717) is 5.56 Å². The van der Waals surface area contributed by atoms with Crippen LogP contribution in [0.4, 0.5) is 0 Å². The number of primary sulfonamides is 1. The highest BCUT2D eigenvalue weighted by Crippen LogP contribution is 2.19. The molecule has 7 nitrogen and oxygen atoms in total. The summed E-state index contributed by atoms with van der Waals surface area (Å²) in [4.78, 5) is 12.0. The molecule has 1 aromatic heterocycles. The van der Waals surface area contributed by atoms with Gasteiger partial charge in [0.25, 0.3) is 15.9 Å². The third kappa shape index (κ3) is 3.61. The van der Waals surface area contributed by atoms with Crippen LogP contribution in [-0.4, -0.2) is 19.4 Å². The topological polar surface area (TPSA) is 123 Å². The van der Waals surface area contributed by atoms with Crippen molar-refractivity contribution in [3.63, 3.8) is 0 Å². The van der Waals surface area contributed by atoms with Gasteiger partial charge in [0.1, 0.15) is 5.75 Å². The monoisotopic (exact) mass is 310 g/mol. The lowest BCUT2D eigenvalue weighted by Crippen LogP contribution is -2.26. The predicted molar refractivity (Wildman–Crippen MR) is 74.1 cm³/mol. The number of amides is 1. The van der Waals surface area contributed by atoms with Crippen molar-refractivity contribution in [2.24, 2.45) is 5.14 Å². The summed E-state index contributed by atoms with van der Waals surface area (Å²) in [6.45, 7) is 1.72. The Labute approximate surface area is 121 Å². The van der Waals surface area contributed by atoms with Crippen molar-refractivity contribution < 1.29 is 22.7 Å². The van der Waals surface area contributed by atoms with Gasteiger partial charge in [-0.25, -0.2) is 13.6 Å². The normalized spacial score (nSPS) is 12.9. The third-order valence-corrected chi connectivity index (χ3v) is 3.58. The quantitative estimate of drug-likeness (QED) is 0.781. The van der Waals surface area contributed by atoms with Gasteiger partial charge >= 0.3 is 0 Å². The van der Waals surface area contributed by atoms with Crippen LogP contribution in [0.1, 0.15) is 29.1 Å². The molecular weight excluding hydrogens is 296 g/mol. The van der Waals surface area contributed by atoms with E-state index in [2.05, 4.69) is 5.32 Å². The fourth-order valence-electron chi connectivity index (χ4n) is 1.74. The largest absolute Gasteiger partial charge is 0.508 e. The molecule has 0 aliphatic carbocycles. The lowest BCUT2D eigenvalue weighted by Gasteiger charge is -2.13. The Hall–Kier alpha value is -2.32. The summed E-state index contributed by atoms with van der Waals surface area (Å²) in [5, 5.41) is 16.4. The number of hydrogen-bond donors (Lipinski definition) is 3. The Morgan fingerprint density at radius 3 is 2.62 bits per heavy atom. The average Bonchev–Trinajstić information content (AvgIpc) is 2.88. The van der Waals surface area contributed by atoms with Crippen LogP contribution in [0.15, 0.2) is 45.9 Å². The first-order chi connectivity index (χ1) is 9.77. The Bertz CT molecular complexity index is 766. The average molecular weight is 310 g/mol. The first-order valence-corrected chi connectivity index (χ1v) is 7.54. The summed E-state index contributed by atoms with van der Waals surface area (Å²) >= 11 is 0. The van der Waals surface area contributed by atoms with Gasteiger partial charge in [0.2, 0.25) is 5.09 Å². The minimum atomic E-state index is -3.98. The standard InChI is InChI=1S/C13H14N2O5S/c1-8(9-3-2-4-10(16)7-9)15-13(17)11-5-6-12(20-11)21(14,18)19/h2-8,16H,1H3,(H,15,17)(H2,14,18,19)/t8-/m1/s1. The molecule has 0 spiro atoms. The van der Waals surface area contributed by atoms with Crippen LogP contribution in [0.5, 0.6) is 5.75 Å². The van der Waals surface area contributed by atoms with Gasteiger partial charge in [-0.1, -0.05) is 12.1 Å². The van der Waals surface area contributed by atoms with Crippen LogP contribution in [0.2, 0.25) is 0 Å². The van der Waals surface area contributed by atoms with E-state index in [0.717, 1.165) is 6.07 Å². The zero-order chi connectivity index (χ0) is 15.6. The number of nitrogens with one attached hydrogen (secondary N) is 1. The van der Waals surface area contributed by atoms with Crippen molar-refractivity contribution in [2.45, 2.75) is 18.1 Å². The molecule has 0 saturated carbocycles. The molecule has 0 saturated heterocycles. The van der Waals surface area contributed by atoms with E-state index in [1.165, 1.54) is 18.2 Å². The molecule has 0 aliphatic heterocycles. The highest BCUT2D eigenvalue weighted by Gasteiger charge is 2.19. The smallest absolute Gasteiger partial charge is 0.287 e. The number of carbonyl (C=O) groups is 1. The van der Waals surface area contributed by atoms with Gasteiger partial charge in [-0.3, -0.25) is 4.79 Å². The van der Waals surface area contributed by atoms with Crippen LogP contribution in [0, 0.1) is 0 Å². The van der Waals surface area contributed by atoms with Crippen molar-refractivity contribution in [2.75, 3.05) is 0 Å². The van der Waals surface area contributed by atoms with E-state index in [-0.39, 0.29) is 11.5 Å². The molecule has 4 N–H and O–H groups in total. The summed E-state index contributed by atoms with van der Waals surface area (Å²) in [5.41, 5.74) is 0.696. The number of aromatic hydroxyl groups is 1. The van der Waals surface area contributed by atoms with E-state index in [4.69, 9.17) is 9.56 Å². The second kappa shape index (κ2) is 5.58. The lowest BCUT2D eigenvalue weighted by molar-refractivity contribution is 0.0906. The van der Waals surface area contributed by atoms with E-state index < -0.39 is 27.1 Å². The van der Waals surface area contributed by atoms with Crippen molar-refractivity contribution in [3.8, 4) is 5.75 Å². The fourth-order valence-corrected chi connectivity index (χ4v) is 2.20. The van der Waals surface area contributed by atoms with E-state index >= 15 is 0 Å². The number of furan rings is 1. The number of nitrogens with two attached hydrogens (primary N) is 1. The third-order valence-electron chi connectivity index (χ3n) is 2.80. The summed E-state index contributed by atoms with van der Waals surface area (Å²) in [6, 6.07) is 8.37. The SMILES string of the molecule is C[C@@H](NC(=O)c1ccc(S(N)(=O)=O)o1)c1cccc(O)c1. The fraction of sp³-hybridized carbons (Fsp3) is 0.154. The number of benzene rings is 1. The molecule has 1 aromatic carbocycles. The van der Waals surface area contributed by atoms with Crippen LogP contribution < -0.4 is 10.5 Å². The summed E-state index contributed by atoms with van der Waals surface area (Å²) in [6.07, 6.45) is 0. The summed E-state index contributed by atoms with van der Waals surface area (Å²) in [7, 11) is -3.98. The molecule has 0 bridgehead atoms. The molecule has 1 heterocycles. The van der Waals surface area contributed by atoms with Gasteiger partial charge in [-0.2, -0.15) is 0 Å². The predicted octanol–water partition coefficient (Wildman–Crippen LogP) is 1.12. The molecule has 2 aromatic rings. The van der Waals surface area contributed by atoms with Crippen molar-refractivity contribution in [1.82, 2.24) is 5.32 Å². The zero-order valence-electron chi connectivity index (χ0n) is 11.1. The number of phenolic OH excluding ortho intramolecular Hbond substituents is 1. The molecule has 1 amide bonds. The number of carbonyl (C=O) groups excluding carboxylic acids is 1. The second-order valence-corrected chi connectivity index (χ2v) is 5.95. The van der Waals surface area contributed by atoms with E-state index in [9.17, 15) is 18.3 Å². The Balaban J connectivity index is 2.13. The van der Waals surface area contributed by atoms with Gasteiger partial charge in [-0.05, 0) is 36.8 Å². The highest BCUT2D eigenvalue weighted by atomic mass is 32.2. The number of hydrogen-bond acceptors (Lipinski definition) is 5. The molecule has 0 unspecified atom stereocenters. The van der Waals surface area contributed by atoms with Crippen LogP contribution in [-0.2, 0) is 10.0 Å². The van der Waals surface area contributed by atoms with E-state index in [1.54, 1.807) is 19.1 Å². The van der Waals surface area contributed by atoms with Gasteiger partial charge in [0.05, 0.1) is 6.04 Å². The molecule has 112 valence electrons. The van der Waals surface area contributed by atoms with Gasteiger partial charge < -0.3 is 14.8 Å². The molecule has 21 heavy (non-hydrogen) atoms. The molecule has 0 radical (unpaired) electrons. The second-order valence-electron chi connectivity index (χ2n) is 4.45. The maximum absolute atomic E-state index is 12.0. The first-order valence-electron chi connectivity index (χ1n) is 6.00. The molecule has 1 atom stereocenters. The van der Waals surface area contributed by atoms with Crippen LogP contribution in [0.3, 0.4) is 0 Å². The Morgan fingerprint density at radius 1 is 1.33 bits per heavy atom. The van der Waals surface area contributed by atoms with Gasteiger partial charge in [0, 0.05) is 0 Å². The number of phenols is 1.